The number of hydrogen-bond donors (Lipinski definition) is 2. The summed E-state index contributed by atoms with van der Waals surface area (Å²) in [5.74, 6) is -1.83. The van der Waals surface area contributed by atoms with Gasteiger partial charge >= 0.3 is 6.03 Å². The highest BCUT2D eigenvalue weighted by Crippen LogP contribution is 2.28. The Balaban J connectivity index is 2.33. The molecule has 5 amide bonds. The largest absolute Gasteiger partial charge is 0.334 e. The number of imide groups is 2. The minimum absolute atomic E-state index is 0.105. The molecule has 1 saturated carbocycles. The second-order valence-electron chi connectivity index (χ2n) is 5.67. The zero-order valence-corrected chi connectivity index (χ0v) is 12.4. The summed E-state index contributed by atoms with van der Waals surface area (Å²) in [5, 5.41) is 4.66. The zero-order valence-electron chi connectivity index (χ0n) is 12.4. The molecule has 1 aliphatic heterocycles. The Bertz CT molecular complexity index is 485. The molecule has 1 atom stereocenters. The molecule has 0 spiro atoms. The summed E-state index contributed by atoms with van der Waals surface area (Å²) in [7, 11) is 0. The molecule has 0 bridgehead atoms. The average Bonchev–Trinajstić information content (AvgIpc) is 2.44. The first-order valence-electron chi connectivity index (χ1n) is 7.40. The molecule has 1 heterocycles. The first-order valence-corrected chi connectivity index (χ1v) is 7.40. The van der Waals surface area contributed by atoms with Crippen LogP contribution in [-0.2, 0) is 14.4 Å². The van der Waals surface area contributed by atoms with E-state index in [0.29, 0.717) is 0 Å². The van der Waals surface area contributed by atoms with E-state index in [-0.39, 0.29) is 12.5 Å². The van der Waals surface area contributed by atoms with Crippen molar-refractivity contribution < 1.29 is 19.2 Å². The number of hydrogen-bond acceptors (Lipinski definition) is 4. The number of nitrogens with one attached hydrogen (secondary N) is 2. The molecule has 2 fully saturated rings. The molecule has 2 rings (SSSR count). The molecule has 0 radical (unpaired) electrons. The molecule has 1 aliphatic carbocycles. The third-order valence-corrected chi connectivity index (χ3v) is 4.27. The SMILES string of the molecule is CCC1(NC(C)=O)C(=O)NC(=O)N(C2CCCCC2)C1=O. The summed E-state index contributed by atoms with van der Waals surface area (Å²) in [4.78, 5) is 49.5. The topological polar surface area (TPSA) is 95.6 Å². The maximum atomic E-state index is 12.8. The standard InChI is InChI=1S/C14H21N3O4/c1-3-14(16-9(2)18)11(19)15-13(21)17(12(14)20)10-7-5-4-6-8-10/h10H,3-8H2,1-2H3,(H,16,18)(H,15,19,21). The van der Waals surface area contributed by atoms with Crippen molar-refractivity contribution >= 4 is 23.8 Å². The number of rotatable bonds is 3. The number of urea groups is 1. The first kappa shape index (κ1) is 15.5. The molecular formula is C14H21N3O4. The fourth-order valence-electron chi connectivity index (χ4n) is 3.14. The Morgan fingerprint density at radius 3 is 2.43 bits per heavy atom. The zero-order chi connectivity index (χ0) is 15.6. The molecule has 2 aliphatic rings. The van der Waals surface area contributed by atoms with Gasteiger partial charge in [-0.1, -0.05) is 26.2 Å². The number of carbonyl (C=O) groups is 4. The van der Waals surface area contributed by atoms with Crippen LogP contribution >= 0.6 is 0 Å². The van der Waals surface area contributed by atoms with Crippen molar-refractivity contribution in [1.82, 2.24) is 15.5 Å². The maximum Gasteiger partial charge on any atom is 0.331 e. The van der Waals surface area contributed by atoms with E-state index in [4.69, 9.17) is 0 Å². The second-order valence-corrected chi connectivity index (χ2v) is 5.67. The van der Waals surface area contributed by atoms with Crippen LogP contribution in [0.2, 0.25) is 0 Å². The van der Waals surface area contributed by atoms with Crippen molar-refractivity contribution in [3.8, 4) is 0 Å². The summed E-state index contributed by atoms with van der Waals surface area (Å²) in [6.45, 7) is 2.89. The number of nitrogens with zero attached hydrogens (tertiary/aromatic N) is 1. The van der Waals surface area contributed by atoms with Gasteiger partial charge in [0.2, 0.25) is 5.91 Å². The number of barbiturate groups is 1. The van der Waals surface area contributed by atoms with Crippen LogP contribution in [0.25, 0.3) is 0 Å². The smallest absolute Gasteiger partial charge is 0.331 e. The van der Waals surface area contributed by atoms with E-state index in [0.717, 1.165) is 37.0 Å². The summed E-state index contributed by atoms with van der Waals surface area (Å²) in [6, 6.07) is -0.870. The van der Waals surface area contributed by atoms with E-state index in [2.05, 4.69) is 10.6 Å². The van der Waals surface area contributed by atoms with Gasteiger partial charge in [0.15, 0.2) is 5.54 Å². The van der Waals surface area contributed by atoms with Gasteiger partial charge in [-0.3, -0.25) is 24.6 Å². The molecule has 0 aromatic carbocycles. The normalized spacial score (nSPS) is 27.5. The van der Waals surface area contributed by atoms with Crippen LogP contribution in [0.5, 0.6) is 0 Å². The molecule has 7 nitrogen and oxygen atoms in total. The monoisotopic (exact) mass is 295 g/mol. The van der Waals surface area contributed by atoms with Crippen LogP contribution in [0.3, 0.4) is 0 Å². The van der Waals surface area contributed by atoms with E-state index >= 15 is 0 Å². The molecule has 1 saturated heterocycles. The van der Waals surface area contributed by atoms with Gasteiger partial charge in [0.1, 0.15) is 0 Å². The lowest BCUT2D eigenvalue weighted by Crippen LogP contribution is -2.75. The van der Waals surface area contributed by atoms with Crippen molar-refractivity contribution in [2.45, 2.75) is 64.0 Å². The Labute approximate surface area is 123 Å². The highest BCUT2D eigenvalue weighted by Gasteiger charge is 2.55. The first-order chi connectivity index (χ1) is 9.92. The van der Waals surface area contributed by atoms with Crippen LogP contribution in [-0.4, -0.2) is 40.2 Å². The Hall–Kier alpha value is -1.92. The van der Waals surface area contributed by atoms with E-state index in [1.807, 2.05) is 0 Å². The van der Waals surface area contributed by atoms with E-state index in [1.54, 1.807) is 6.92 Å². The minimum atomic E-state index is -1.67. The lowest BCUT2D eigenvalue weighted by atomic mass is 9.87. The van der Waals surface area contributed by atoms with Crippen LogP contribution < -0.4 is 10.6 Å². The van der Waals surface area contributed by atoms with E-state index in [1.165, 1.54) is 6.92 Å². The van der Waals surface area contributed by atoms with Gasteiger partial charge in [-0.05, 0) is 19.3 Å². The lowest BCUT2D eigenvalue weighted by Gasteiger charge is -2.43. The summed E-state index contributed by atoms with van der Waals surface area (Å²) < 4.78 is 0. The number of carbonyl (C=O) groups excluding carboxylic acids is 4. The molecule has 116 valence electrons. The summed E-state index contributed by atoms with van der Waals surface area (Å²) in [5.41, 5.74) is -1.67. The van der Waals surface area contributed by atoms with Gasteiger partial charge in [0.05, 0.1) is 0 Å². The van der Waals surface area contributed by atoms with Crippen molar-refractivity contribution in [1.29, 1.82) is 0 Å². The molecule has 0 aromatic rings. The predicted octanol–water partition coefficient (Wildman–Crippen LogP) is 0.682. The third-order valence-electron chi connectivity index (χ3n) is 4.27. The number of amides is 5. The van der Waals surface area contributed by atoms with Crippen molar-refractivity contribution in [2.75, 3.05) is 0 Å². The fourth-order valence-corrected chi connectivity index (χ4v) is 3.14. The maximum absolute atomic E-state index is 12.8. The minimum Gasteiger partial charge on any atom is -0.334 e. The quantitative estimate of drug-likeness (QED) is 0.748. The van der Waals surface area contributed by atoms with Gasteiger partial charge < -0.3 is 5.32 Å². The van der Waals surface area contributed by atoms with Crippen LogP contribution in [0.1, 0.15) is 52.4 Å². The van der Waals surface area contributed by atoms with Gasteiger partial charge in [-0.2, -0.15) is 0 Å². The predicted molar refractivity (Wildman–Crippen MR) is 74.1 cm³/mol. The van der Waals surface area contributed by atoms with Gasteiger partial charge in [-0.15, -0.1) is 0 Å². The van der Waals surface area contributed by atoms with E-state index < -0.39 is 29.3 Å². The molecule has 0 aromatic heterocycles. The summed E-state index contributed by atoms with van der Waals surface area (Å²) >= 11 is 0. The Morgan fingerprint density at radius 2 is 1.90 bits per heavy atom. The summed E-state index contributed by atoms with van der Waals surface area (Å²) in [6.07, 6.45) is 4.59. The van der Waals surface area contributed by atoms with Gasteiger partial charge in [0.25, 0.3) is 11.8 Å². The van der Waals surface area contributed by atoms with Crippen molar-refractivity contribution in [3.05, 3.63) is 0 Å². The Morgan fingerprint density at radius 1 is 1.29 bits per heavy atom. The van der Waals surface area contributed by atoms with Crippen molar-refractivity contribution in [2.24, 2.45) is 0 Å². The fraction of sp³-hybridized carbons (Fsp3) is 0.714. The van der Waals surface area contributed by atoms with Crippen molar-refractivity contribution in [3.63, 3.8) is 0 Å². The average molecular weight is 295 g/mol. The van der Waals surface area contributed by atoms with E-state index in [9.17, 15) is 19.2 Å². The highest BCUT2D eigenvalue weighted by molar-refractivity contribution is 6.23. The Kier molecular flexibility index (Phi) is 4.29. The molecule has 2 N–H and O–H groups in total. The highest BCUT2D eigenvalue weighted by atomic mass is 16.2. The van der Waals surface area contributed by atoms with Gasteiger partial charge in [-0.25, -0.2) is 4.79 Å². The molecule has 1 unspecified atom stereocenters. The second kappa shape index (κ2) is 5.83. The van der Waals surface area contributed by atoms with Crippen LogP contribution in [0.15, 0.2) is 0 Å². The molecular weight excluding hydrogens is 274 g/mol. The molecule has 7 heteroatoms. The molecule has 21 heavy (non-hydrogen) atoms. The lowest BCUT2D eigenvalue weighted by molar-refractivity contribution is -0.151. The third kappa shape index (κ3) is 2.64. The van der Waals surface area contributed by atoms with Crippen LogP contribution in [0.4, 0.5) is 4.79 Å². The van der Waals surface area contributed by atoms with Crippen LogP contribution in [0, 0.1) is 0 Å². The van der Waals surface area contributed by atoms with Gasteiger partial charge in [0, 0.05) is 13.0 Å².